The first kappa shape index (κ1) is 19.6. The molecule has 2 rings (SSSR count). The lowest BCUT2D eigenvalue weighted by Gasteiger charge is -2.09. The molecular weight excluding hydrogens is 452 g/mol. The second kappa shape index (κ2) is 8.58. The fourth-order valence-electron chi connectivity index (χ4n) is 2.47. The van der Waals surface area contributed by atoms with E-state index in [0.29, 0.717) is 24.9 Å². The van der Waals surface area contributed by atoms with E-state index in [1.54, 1.807) is 19.1 Å². The van der Waals surface area contributed by atoms with E-state index in [2.05, 4.69) is 37.2 Å². The molecule has 0 aliphatic carbocycles. The molecule has 5 nitrogen and oxygen atoms in total. The summed E-state index contributed by atoms with van der Waals surface area (Å²) in [6, 6.07) is 8.91. The highest BCUT2D eigenvalue weighted by Crippen LogP contribution is 2.26. The Morgan fingerprint density at radius 3 is 2.32 bits per heavy atom. The van der Waals surface area contributed by atoms with Gasteiger partial charge in [0.15, 0.2) is 0 Å². The van der Waals surface area contributed by atoms with Gasteiger partial charge in [0, 0.05) is 27.1 Å². The summed E-state index contributed by atoms with van der Waals surface area (Å²) in [6.45, 7) is 4.20. The highest BCUT2D eigenvalue weighted by Gasteiger charge is 2.11. The van der Waals surface area contributed by atoms with Crippen LogP contribution in [-0.4, -0.2) is 17.4 Å². The van der Waals surface area contributed by atoms with E-state index in [9.17, 15) is 14.9 Å². The van der Waals surface area contributed by atoms with E-state index in [0.717, 1.165) is 25.6 Å². The number of nitrogens with zero attached hydrogens (tertiary/aromatic N) is 1. The molecule has 132 valence electrons. The van der Waals surface area contributed by atoms with Crippen molar-refractivity contribution in [2.75, 3.05) is 6.54 Å². The standard InChI is InChI=1S/C18H18Br2N2O3/c1-11-7-13(3-4-17(11)22(24)25)5-6-21-18(23)10-14-8-15(19)12(2)16(20)9-14/h3-4,7-9H,5-6,10H2,1-2H3,(H,21,23). The van der Waals surface area contributed by atoms with Gasteiger partial charge in [-0.1, -0.05) is 37.9 Å². The summed E-state index contributed by atoms with van der Waals surface area (Å²) in [5.74, 6) is -0.0544. The molecule has 0 unspecified atom stereocenters. The average Bonchev–Trinajstić information content (AvgIpc) is 2.52. The Morgan fingerprint density at radius 1 is 1.12 bits per heavy atom. The molecule has 0 aromatic heterocycles. The first-order valence-electron chi connectivity index (χ1n) is 7.73. The lowest BCUT2D eigenvalue weighted by atomic mass is 10.1. The van der Waals surface area contributed by atoms with Crippen LogP contribution in [-0.2, 0) is 17.6 Å². The summed E-state index contributed by atoms with van der Waals surface area (Å²) in [7, 11) is 0. The van der Waals surface area contributed by atoms with Gasteiger partial charge in [0.25, 0.3) is 5.69 Å². The predicted octanol–water partition coefficient (Wildman–Crippen LogP) is 4.64. The topological polar surface area (TPSA) is 72.2 Å². The third kappa shape index (κ3) is 5.37. The lowest BCUT2D eigenvalue weighted by Crippen LogP contribution is -2.27. The number of amides is 1. The van der Waals surface area contributed by atoms with Crippen LogP contribution in [0.5, 0.6) is 0 Å². The van der Waals surface area contributed by atoms with Crippen molar-refractivity contribution in [3.8, 4) is 0 Å². The van der Waals surface area contributed by atoms with Gasteiger partial charge in [0.05, 0.1) is 11.3 Å². The molecule has 7 heteroatoms. The van der Waals surface area contributed by atoms with Gasteiger partial charge in [-0.15, -0.1) is 0 Å². The summed E-state index contributed by atoms with van der Waals surface area (Å²) in [5.41, 5.74) is 3.72. The minimum atomic E-state index is -0.390. The van der Waals surface area contributed by atoms with Gasteiger partial charge >= 0.3 is 0 Å². The van der Waals surface area contributed by atoms with Crippen LogP contribution in [0.25, 0.3) is 0 Å². The van der Waals surface area contributed by atoms with E-state index < -0.39 is 4.92 Å². The van der Waals surface area contributed by atoms with Crippen LogP contribution < -0.4 is 5.32 Å². The number of rotatable bonds is 6. The van der Waals surface area contributed by atoms with Crippen LogP contribution >= 0.6 is 31.9 Å². The van der Waals surface area contributed by atoms with Gasteiger partial charge in [0.1, 0.15) is 0 Å². The minimum Gasteiger partial charge on any atom is -0.355 e. The Balaban J connectivity index is 1.88. The summed E-state index contributed by atoms with van der Waals surface area (Å²) in [4.78, 5) is 22.5. The van der Waals surface area contributed by atoms with Crippen molar-refractivity contribution in [3.63, 3.8) is 0 Å². The summed E-state index contributed by atoms with van der Waals surface area (Å²) in [6.07, 6.45) is 0.933. The van der Waals surface area contributed by atoms with Crippen LogP contribution in [0.1, 0.15) is 22.3 Å². The first-order valence-corrected chi connectivity index (χ1v) is 9.31. The number of carbonyl (C=O) groups excluding carboxylic acids is 1. The summed E-state index contributed by atoms with van der Waals surface area (Å²) in [5, 5.41) is 13.7. The third-order valence-electron chi connectivity index (χ3n) is 3.90. The zero-order chi connectivity index (χ0) is 18.6. The van der Waals surface area contributed by atoms with E-state index in [4.69, 9.17) is 0 Å². The molecule has 0 bridgehead atoms. The number of nitro benzene ring substituents is 1. The number of hydrogen-bond acceptors (Lipinski definition) is 3. The van der Waals surface area contributed by atoms with E-state index in [1.807, 2.05) is 19.1 Å². The van der Waals surface area contributed by atoms with Crippen LogP contribution in [0.15, 0.2) is 39.3 Å². The van der Waals surface area contributed by atoms with Gasteiger partial charge in [-0.05, 0) is 55.2 Å². The van der Waals surface area contributed by atoms with Crippen molar-refractivity contribution in [3.05, 3.63) is 71.6 Å². The Hall–Kier alpha value is -1.73. The maximum Gasteiger partial charge on any atom is 0.272 e. The normalized spacial score (nSPS) is 10.6. The van der Waals surface area contributed by atoms with Crippen molar-refractivity contribution >= 4 is 43.5 Å². The molecule has 25 heavy (non-hydrogen) atoms. The molecule has 0 spiro atoms. The molecule has 2 aromatic rings. The van der Waals surface area contributed by atoms with Gasteiger partial charge in [0.2, 0.25) is 5.91 Å². The zero-order valence-corrected chi connectivity index (χ0v) is 17.1. The predicted molar refractivity (Wildman–Crippen MR) is 105 cm³/mol. The Kier molecular flexibility index (Phi) is 6.72. The molecular formula is C18H18Br2N2O3. The van der Waals surface area contributed by atoms with Crippen molar-refractivity contribution < 1.29 is 9.72 Å². The molecule has 2 aromatic carbocycles. The fraction of sp³-hybridized carbons (Fsp3) is 0.278. The average molecular weight is 470 g/mol. The molecule has 0 fully saturated rings. The smallest absolute Gasteiger partial charge is 0.272 e. The molecule has 0 aliphatic rings. The second-order valence-electron chi connectivity index (χ2n) is 5.84. The van der Waals surface area contributed by atoms with Crippen LogP contribution in [0.2, 0.25) is 0 Å². The van der Waals surface area contributed by atoms with Crippen LogP contribution in [0.4, 0.5) is 5.69 Å². The van der Waals surface area contributed by atoms with Crippen molar-refractivity contribution in [1.29, 1.82) is 0 Å². The van der Waals surface area contributed by atoms with Crippen molar-refractivity contribution in [1.82, 2.24) is 5.32 Å². The van der Waals surface area contributed by atoms with Gasteiger partial charge < -0.3 is 5.32 Å². The minimum absolute atomic E-state index is 0.0544. The van der Waals surface area contributed by atoms with Gasteiger partial charge in [-0.3, -0.25) is 14.9 Å². The van der Waals surface area contributed by atoms with Crippen LogP contribution in [0, 0.1) is 24.0 Å². The molecule has 0 heterocycles. The molecule has 1 amide bonds. The lowest BCUT2D eigenvalue weighted by molar-refractivity contribution is -0.385. The molecule has 0 saturated heterocycles. The number of benzene rings is 2. The SMILES string of the molecule is Cc1cc(CCNC(=O)Cc2cc(Br)c(C)c(Br)c2)ccc1[N+](=O)[O-]. The molecule has 1 N–H and O–H groups in total. The highest BCUT2D eigenvalue weighted by atomic mass is 79.9. The zero-order valence-electron chi connectivity index (χ0n) is 13.9. The summed E-state index contributed by atoms with van der Waals surface area (Å²) >= 11 is 6.97. The van der Waals surface area contributed by atoms with E-state index in [-0.39, 0.29) is 11.6 Å². The quantitative estimate of drug-likeness (QED) is 0.494. The fourth-order valence-corrected chi connectivity index (χ4v) is 3.75. The highest BCUT2D eigenvalue weighted by molar-refractivity contribution is 9.11. The summed E-state index contributed by atoms with van der Waals surface area (Å²) < 4.78 is 1.93. The number of carbonyl (C=O) groups is 1. The number of halogens is 2. The Labute approximate surface area is 163 Å². The maximum absolute atomic E-state index is 12.1. The third-order valence-corrected chi connectivity index (χ3v) is 5.55. The van der Waals surface area contributed by atoms with Crippen molar-refractivity contribution in [2.45, 2.75) is 26.7 Å². The Morgan fingerprint density at radius 2 is 1.76 bits per heavy atom. The number of nitrogens with one attached hydrogen (secondary N) is 1. The first-order chi connectivity index (χ1) is 11.8. The van der Waals surface area contributed by atoms with Crippen molar-refractivity contribution in [2.24, 2.45) is 0 Å². The van der Waals surface area contributed by atoms with Gasteiger partial charge in [-0.25, -0.2) is 0 Å². The molecule has 0 atom stereocenters. The second-order valence-corrected chi connectivity index (χ2v) is 7.55. The maximum atomic E-state index is 12.1. The molecule has 0 saturated carbocycles. The molecule has 0 aliphatic heterocycles. The number of hydrogen-bond donors (Lipinski definition) is 1. The van der Waals surface area contributed by atoms with E-state index in [1.165, 1.54) is 6.07 Å². The largest absolute Gasteiger partial charge is 0.355 e. The number of aryl methyl sites for hydroxylation is 1. The monoisotopic (exact) mass is 468 g/mol. The van der Waals surface area contributed by atoms with Gasteiger partial charge in [-0.2, -0.15) is 0 Å². The molecule has 0 radical (unpaired) electrons. The van der Waals surface area contributed by atoms with E-state index >= 15 is 0 Å². The number of nitro groups is 1. The Bertz CT molecular complexity index is 799. The van der Waals surface area contributed by atoms with Crippen LogP contribution in [0.3, 0.4) is 0 Å².